The fourth-order valence-corrected chi connectivity index (χ4v) is 2.91. The van der Waals surface area contributed by atoms with Crippen molar-refractivity contribution in [2.75, 3.05) is 0 Å². The molecule has 0 aliphatic heterocycles. The zero-order valence-electron chi connectivity index (χ0n) is 9.30. The summed E-state index contributed by atoms with van der Waals surface area (Å²) in [5.74, 6) is 2.97. The van der Waals surface area contributed by atoms with Crippen LogP contribution >= 0.6 is 0 Å². The summed E-state index contributed by atoms with van der Waals surface area (Å²) in [7, 11) is 0. The van der Waals surface area contributed by atoms with Gasteiger partial charge in [-0.05, 0) is 37.5 Å². The van der Waals surface area contributed by atoms with Gasteiger partial charge in [0, 0.05) is 12.3 Å². The molecule has 2 rings (SSSR count). The number of ketones is 1. The average molecular weight is 194 g/mol. The first-order valence-electron chi connectivity index (χ1n) is 6.34. The van der Waals surface area contributed by atoms with E-state index >= 15 is 0 Å². The van der Waals surface area contributed by atoms with Gasteiger partial charge in [0.05, 0.1) is 0 Å². The number of hydrogen-bond donors (Lipinski definition) is 0. The summed E-state index contributed by atoms with van der Waals surface area (Å²) in [6.45, 7) is 2.21. The second-order valence-corrected chi connectivity index (χ2v) is 5.20. The van der Waals surface area contributed by atoms with E-state index in [9.17, 15) is 4.79 Å². The normalized spacial score (nSPS) is 34.2. The minimum absolute atomic E-state index is 0.473. The molecule has 14 heavy (non-hydrogen) atoms. The molecule has 80 valence electrons. The maximum Gasteiger partial charge on any atom is 0.135 e. The molecule has 2 aliphatic carbocycles. The van der Waals surface area contributed by atoms with E-state index in [2.05, 4.69) is 6.92 Å². The Hall–Kier alpha value is -0.330. The smallest absolute Gasteiger partial charge is 0.135 e. The van der Waals surface area contributed by atoms with Crippen LogP contribution in [0.4, 0.5) is 0 Å². The first-order chi connectivity index (χ1) is 6.81. The van der Waals surface area contributed by atoms with Crippen LogP contribution in [0.15, 0.2) is 0 Å². The van der Waals surface area contributed by atoms with Crippen molar-refractivity contribution in [3.63, 3.8) is 0 Å². The maximum atomic E-state index is 11.8. The molecule has 0 bridgehead atoms. The Bertz CT molecular complexity index is 199. The number of fused-ring (bicyclic) bond motifs is 1. The molecular formula is C13H22O. The van der Waals surface area contributed by atoms with Gasteiger partial charge in [-0.3, -0.25) is 4.79 Å². The van der Waals surface area contributed by atoms with Crippen molar-refractivity contribution in [1.29, 1.82) is 0 Å². The Morgan fingerprint density at radius 2 is 1.79 bits per heavy atom. The third kappa shape index (κ3) is 2.37. The van der Waals surface area contributed by atoms with Gasteiger partial charge in [0.15, 0.2) is 0 Å². The van der Waals surface area contributed by atoms with Crippen LogP contribution < -0.4 is 0 Å². The molecule has 1 nitrogen and oxygen atoms in total. The topological polar surface area (TPSA) is 17.1 Å². The molecule has 2 aliphatic rings. The van der Waals surface area contributed by atoms with Gasteiger partial charge in [0.1, 0.15) is 5.78 Å². The molecule has 1 heteroatoms. The highest BCUT2D eigenvalue weighted by molar-refractivity contribution is 5.81. The Balaban J connectivity index is 1.59. The van der Waals surface area contributed by atoms with E-state index in [-0.39, 0.29) is 0 Å². The summed E-state index contributed by atoms with van der Waals surface area (Å²) in [4.78, 5) is 11.8. The van der Waals surface area contributed by atoms with E-state index < -0.39 is 0 Å². The number of carbonyl (C=O) groups is 1. The fourth-order valence-electron chi connectivity index (χ4n) is 2.91. The van der Waals surface area contributed by atoms with Crippen LogP contribution in [0.25, 0.3) is 0 Å². The van der Waals surface area contributed by atoms with Crippen molar-refractivity contribution in [1.82, 2.24) is 0 Å². The second-order valence-electron chi connectivity index (χ2n) is 5.20. The SMILES string of the molecule is CCCCCCC(=O)C1CC2CC2C1. The third-order valence-electron chi connectivity index (χ3n) is 3.98. The number of unbranched alkanes of at least 4 members (excludes halogenated alkanes) is 3. The lowest BCUT2D eigenvalue weighted by molar-refractivity contribution is -0.123. The minimum atomic E-state index is 0.473. The van der Waals surface area contributed by atoms with Gasteiger partial charge in [-0.2, -0.15) is 0 Å². The van der Waals surface area contributed by atoms with Crippen molar-refractivity contribution in [3.05, 3.63) is 0 Å². The predicted molar refractivity (Wildman–Crippen MR) is 58.1 cm³/mol. The molecule has 0 amide bonds. The summed E-state index contributed by atoms with van der Waals surface area (Å²) < 4.78 is 0. The van der Waals surface area contributed by atoms with Gasteiger partial charge in [0.2, 0.25) is 0 Å². The lowest BCUT2D eigenvalue weighted by atomic mass is 9.94. The number of Topliss-reactive ketones (excluding diaryl/α,β-unsaturated/α-hetero) is 1. The molecule has 0 heterocycles. The Morgan fingerprint density at radius 1 is 1.07 bits per heavy atom. The first-order valence-corrected chi connectivity index (χ1v) is 6.34. The number of carbonyl (C=O) groups excluding carboxylic acids is 1. The van der Waals surface area contributed by atoms with E-state index in [0.29, 0.717) is 11.7 Å². The summed E-state index contributed by atoms with van der Waals surface area (Å²) in [6, 6.07) is 0. The van der Waals surface area contributed by atoms with Gasteiger partial charge in [0.25, 0.3) is 0 Å². The Labute approximate surface area is 87.3 Å². The van der Waals surface area contributed by atoms with Crippen LogP contribution in [-0.2, 0) is 4.79 Å². The summed E-state index contributed by atoms with van der Waals surface area (Å²) in [5, 5.41) is 0. The van der Waals surface area contributed by atoms with Crippen LogP contribution in [0.5, 0.6) is 0 Å². The molecule has 0 radical (unpaired) electrons. The standard InChI is InChI=1S/C13H22O/c1-2-3-4-5-6-13(14)12-8-10-7-11(10)9-12/h10-12H,2-9H2,1H3. The fraction of sp³-hybridized carbons (Fsp3) is 0.923. The maximum absolute atomic E-state index is 11.8. The monoisotopic (exact) mass is 194 g/mol. The third-order valence-corrected chi connectivity index (χ3v) is 3.98. The average Bonchev–Trinajstić information content (AvgIpc) is 2.80. The van der Waals surface area contributed by atoms with Gasteiger partial charge in [-0.15, -0.1) is 0 Å². The van der Waals surface area contributed by atoms with Gasteiger partial charge in [-0.25, -0.2) is 0 Å². The predicted octanol–water partition coefficient (Wildman–Crippen LogP) is 3.57. The molecule has 0 spiro atoms. The molecular weight excluding hydrogens is 172 g/mol. The quantitative estimate of drug-likeness (QED) is 0.591. The highest BCUT2D eigenvalue weighted by Crippen LogP contribution is 2.54. The molecule has 0 aromatic carbocycles. The largest absolute Gasteiger partial charge is 0.299 e. The molecule has 0 saturated heterocycles. The van der Waals surface area contributed by atoms with Crippen molar-refractivity contribution >= 4 is 5.78 Å². The number of hydrogen-bond acceptors (Lipinski definition) is 1. The van der Waals surface area contributed by atoms with Crippen molar-refractivity contribution in [2.24, 2.45) is 17.8 Å². The molecule has 0 N–H and O–H groups in total. The van der Waals surface area contributed by atoms with Crippen LogP contribution in [0.1, 0.15) is 58.3 Å². The first kappa shape index (κ1) is 10.2. The molecule has 2 unspecified atom stereocenters. The van der Waals surface area contributed by atoms with Crippen LogP contribution in [0, 0.1) is 17.8 Å². The summed E-state index contributed by atoms with van der Waals surface area (Å²) >= 11 is 0. The lowest BCUT2D eigenvalue weighted by Crippen LogP contribution is -2.12. The van der Waals surface area contributed by atoms with Crippen molar-refractivity contribution in [3.8, 4) is 0 Å². The summed E-state index contributed by atoms with van der Waals surface area (Å²) in [6.07, 6.45) is 9.71. The van der Waals surface area contributed by atoms with E-state index in [1.54, 1.807) is 0 Å². The molecule has 2 atom stereocenters. The zero-order valence-corrected chi connectivity index (χ0v) is 9.30. The zero-order chi connectivity index (χ0) is 9.97. The Kier molecular flexibility index (Phi) is 3.25. The van der Waals surface area contributed by atoms with Crippen LogP contribution in [0.2, 0.25) is 0 Å². The van der Waals surface area contributed by atoms with Gasteiger partial charge < -0.3 is 0 Å². The molecule has 2 saturated carbocycles. The highest BCUT2D eigenvalue weighted by atomic mass is 16.1. The number of rotatable bonds is 6. The molecule has 0 aromatic rings. The highest BCUT2D eigenvalue weighted by Gasteiger charge is 2.47. The van der Waals surface area contributed by atoms with E-state index in [1.165, 1.54) is 38.5 Å². The van der Waals surface area contributed by atoms with E-state index in [1.807, 2.05) is 0 Å². The van der Waals surface area contributed by atoms with Crippen LogP contribution in [-0.4, -0.2) is 5.78 Å². The lowest BCUT2D eigenvalue weighted by Gasteiger charge is -2.09. The minimum Gasteiger partial charge on any atom is -0.299 e. The van der Waals surface area contributed by atoms with Gasteiger partial charge in [-0.1, -0.05) is 26.2 Å². The second kappa shape index (κ2) is 4.46. The van der Waals surface area contributed by atoms with Gasteiger partial charge >= 0.3 is 0 Å². The molecule has 0 aromatic heterocycles. The van der Waals surface area contributed by atoms with Crippen molar-refractivity contribution in [2.45, 2.75) is 58.3 Å². The van der Waals surface area contributed by atoms with E-state index in [4.69, 9.17) is 0 Å². The Morgan fingerprint density at radius 3 is 2.43 bits per heavy atom. The van der Waals surface area contributed by atoms with Crippen molar-refractivity contribution < 1.29 is 4.79 Å². The summed E-state index contributed by atoms with van der Waals surface area (Å²) in [5.41, 5.74) is 0. The van der Waals surface area contributed by atoms with Crippen LogP contribution in [0.3, 0.4) is 0 Å². The van der Waals surface area contributed by atoms with E-state index in [0.717, 1.165) is 24.7 Å². The molecule has 2 fully saturated rings.